The lowest BCUT2D eigenvalue weighted by molar-refractivity contribution is -0.144. The molecule has 0 atom stereocenters. The molecule has 5 nitrogen and oxygen atoms in total. The Morgan fingerprint density at radius 3 is 1.71 bits per heavy atom. The van der Waals surface area contributed by atoms with Gasteiger partial charge in [-0.1, -0.05) is 43.0 Å². The van der Waals surface area contributed by atoms with Gasteiger partial charge in [-0.2, -0.15) is 17.2 Å². The monoisotopic (exact) mass is 511 g/mol. The second kappa shape index (κ2) is 11.9. The van der Waals surface area contributed by atoms with Gasteiger partial charge in [-0.25, -0.2) is 9.18 Å². The van der Waals surface area contributed by atoms with Gasteiger partial charge in [-0.15, -0.1) is 0 Å². The molecule has 0 saturated carbocycles. The highest BCUT2D eigenvalue weighted by Gasteiger charge is 2.45. The van der Waals surface area contributed by atoms with Gasteiger partial charge < -0.3 is 4.74 Å². The Morgan fingerprint density at radius 2 is 1.32 bits per heavy atom. The van der Waals surface area contributed by atoms with Crippen molar-refractivity contribution in [3.05, 3.63) is 103 Å². The molecule has 0 heterocycles. The lowest BCUT2D eigenvalue weighted by atomic mass is 10.3. The number of ether oxygens (including phenoxy) is 1. The lowest BCUT2D eigenvalue weighted by Gasteiger charge is -2.12. The molecule has 3 rings (SSSR count). The van der Waals surface area contributed by atoms with Crippen LogP contribution in [-0.4, -0.2) is 30.8 Å². The molecule has 0 aromatic heterocycles. The Labute approximate surface area is 199 Å². The highest BCUT2D eigenvalue weighted by molar-refractivity contribution is 7.97. The summed E-state index contributed by atoms with van der Waals surface area (Å²) in [7, 11) is -5.75. The fourth-order valence-corrected chi connectivity index (χ4v) is 4.73. The molecule has 0 aliphatic rings. The number of alkyl halides is 2. The third-order valence-corrected chi connectivity index (χ3v) is 7.21. The molecule has 0 bridgehead atoms. The summed E-state index contributed by atoms with van der Waals surface area (Å²) in [6, 6.07) is 27.5. The molecule has 3 aromatic carbocycles. The summed E-state index contributed by atoms with van der Waals surface area (Å²) >= 11 is 0. The normalized spacial score (nSPS) is 11.4. The number of hydrogen-bond acceptors (Lipinski definition) is 4. The van der Waals surface area contributed by atoms with Crippen molar-refractivity contribution in [3.63, 3.8) is 0 Å². The van der Waals surface area contributed by atoms with Crippen molar-refractivity contribution in [1.29, 1.82) is 0 Å². The zero-order valence-corrected chi connectivity index (χ0v) is 19.7. The van der Waals surface area contributed by atoms with Crippen LogP contribution in [0.5, 0.6) is 0 Å². The van der Waals surface area contributed by atoms with E-state index in [2.05, 4.69) is 35.6 Å². The molecule has 0 fully saturated rings. The smallest absolute Gasteiger partial charge is 0.402 e. The summed E-state index contributed by atoms with van der Waals surface area (Å²) in [6.07, 6.45) is 0. The second-order valence-corrected chi connectivity index (χ2v) is 10.4. The maximum atomic E-state index is 13.2. The number of hydrogen-bond donors (Lipinski definition) is 1. The zero-order chi connectivity index (χ0) is 25.4. The van der Waals surface area contributed by atoms with E-state index in [-0.39, 0.29) is 22.3 Å². The van der Waals surface area contributed by atoms with E-state index >= 15 is 0 Å². The van der Waals surface area contributed by atoms with Crippen molar-refractivity contribution >= 4 is 27.0 Å². The van der Waals surface area contributed by atoms with Crippen LogP contribution in [0, 0.1) is 5.82 Å². The van der Waals surface area contributed by atoms with Crippen LogP contribution in [-0.2, 0) is 30.5 Å². The van der Waals surface area contributed by atoms with Gasteiger partial charge in [0.1, 0.15) is 5.82 Å². The number of carbonyl (C=O) groups is 1. The molecular weight excluding hydrogens is 489 g/mol. The average Bonchev–Trinajstić information content (AvgIpc) is 2.80. The highest BCUT2D eigenvalue weighted by atomic mass is 32.2. The maximum Gasteiger partial charge on any atom is 0.402 e. The molecule has 0 spiro atoms. The Kier molecular flexibility index (Phi) is 9.48. The zero-order valence-electron chi connectivity index (χ0n) is 18.0. The molecule has 0 unspecified atom stereocenters. The van der Waals surface area contributed by atoms with Crippen LogP contribution >= 0.6 is 0 Å². The van der Waals surface area contributed by atoms with Crippen LogP contribution in [0.4, 0.5) is 13.2 Å². The average molecular weight is 512 g/mol. The van der Waals surface area contributed by atoms with Gasteiger partial charge in [0.05, 0.1) is 10.9 Å². The first-order valence-electron chi connectivity index (χ1n) is 9.70. The summed E-state index contributed by atoms with van der Waals surface area (Å²) in [4.78, 5) is 14.2. The molecule has 34 heavy (non-hydrogen) atoms. The predicted octanol–water partition coefficient (Wildman–Crippen LogP) is 5.51. The van der Waals surface area contributed by atoms with E-state index in [1.807, 2.05) is 48.5 Å². The topological polar surface area (TPSA) is 80.7 Å². The number of esters is 1. The highest BCUT2D eigenvalue weighted by Crippen LogP contribution is 2.30. The van der Waals surface area contributed by atoms with E-state index in [1.54, 1.807) is 0 Å². The molecule has 0 aliphatic carbocycles. The van der Waals surface area contributed by atoms with E-state index in [4.69, 9.17) is 4.55 Å². The largest absolute Gasteiger partial charge is 0.455 e. The van der Waals surface area contributed by atoms with Crippen LogP contribution in [0.2, 0.25) is 0 Å². The third-order valence-electron chi connectivity index (χ3n) is 4.10. The standard InChI is InChI=1S/C18H14FS.C6H8F2O5S/c19-15-11-13-18(14-12-15)20(16-7-3-1-4-8-16)17-9-5-2-6-10-17;1-4(2)5(9)13-3-6(7,8)14(10,11)12/h1-14H;1,3H2,2H3,(H,10,11,12)/q+1;. The Balaban J connectivity index is 0.000000259. The fraction of sp³-hybridized carbons (Fsp3) is 0.125. The Bertz CT molecular complexity index is 1160. The van der Waals surface area contributed by atoms with Gasteiger partial charge in [0, 0.05) is 5.57 Å². The van der Waals surface area contributed by atoms with E-state index in [0.29, 0.717) is 0 Å². The van der Waals surface area contributed by atoms with Crippen molar-refractivity contribution in [2.75, 3.05) is 6.61 Å². The van der Waals surface area contributed by atoms with Crippen LogP contribution in [0.3, 0.4) is 0 Å². The van der Waals surface area contributed by atoms with Gasteiger partial charge >= 0.3 is 21.3 Å². The summed E-state index contributed by atoms with van der Waals surface area (Å²) in [5.74, 6) is -1.35. The number of benzene rings is 3. The minimum absolute atomic E-state index is 0.156. The molecule has 10 heteroatoms. The van der Waals surface area contributed by atoms with Crippen molar-refractivity contribution in [3.8, 4) is 0 Å². The van der Waals surface area contributed by atoms with Crippen LogP contribution in [0.15, 0.2) is 112 Å². The van der Waals surface area contributed by atoms with E-state index < -0.39 is 27.9 Å². The lowest BCUT2D eigenvalue weighted by Crippen LogP contribution is -2.34. The summed E-state index contributed by atoms with van der Waals surface area (Å²) in [5, 5.41) is -4.50. The first kappa shape index (κ1) is 27.2. The molecule has 0 amide bonds. The number of carbonyl (C=O) groups excluding carboxylic acids is 1. The van der Waals surface area contributed by atoms with Gasteiger partial charge in [-0.3, -0.25) is 4.55 Å². The summed E-state index contributed by atoms with van der Waals surface area (Å²) < 4.78 is 69.9. The molecule has 0 radical (unpaired) electrons. The molecule has 1 N–H and O–H groups in total. The molecular formula is C24H22F3O5S2+. The van der Waals surface area contributed by atoms with E-state index in [9.17, 15) is 26.4 Å². The summed E-state index contributed by atoms with van der Waals surface area (Å²) in [6.45, 7) is 2.55. The van der Waals surface area contributed by atoms with Gasteiger partial charge in [-0.05, 0) is 55.5 Å². The van der Waals surface area contributed by atoms with Crippen LogP contribution in [0.1, 0.15) is 6.92 Å². The van der Waals surface area contributed by atoms with Crippen molar-refractivity contribution in [2.24, 2.45) is 0 Å². The number of halogens is 3. The minimum Gasteiger partial charge on any atom is -0.455 e. The van der Waals surface area contributed by atoms with Crippen LogP contribution in [0.25, 0.3) is 0 Å². The van der Waals surface area contributed by atoms with E-state index in [1.165, 1.54) is 28.8 Å². The SMILES string of the molecule is C=C(C)C(=O)OCC(F)(F)S(=O)(=O)O.Fc1ccc([S+](c2ccccc2)c2ccccc2)cc1. The predicted molar refractivity (Wildman–Crippen MR) is 124 cm³/mol. The van der Waals surface area contributed by atoms with E-state index in [0.717, 1.165) is 4.90 Å². The van der Waals surface area contributed by atoms with Crippen molar-refractivity contribution in [2.45, 2.75) is 26.9 Å². The van der Waals surface area contributed by atoms with Gasteiger partial charge in [0.25, 0.3) is 0 Å². The van der Waals surface area contributed by atoms with Crippen molar-refractivity contribution in [1.82, 2.24) is 0 Å². The first-order valence-corrected chi connectivity index (χ1v) is 12.4. The Hall–Kier alpha value is -3.08. The molecule has 0 saturated heterocycles. The fourth-order valence-electron chi connectivity index (χ4n) is 2.44. The van der Waals surface area contributed by atoms with Gasteiger partial charge in [0.2, 0.25) is 0 Å². The maximum absolute atomic E-state index is 13.2. The number of rotatable bonds is 7. The first-order chi connectivity index (χ1) is 15.9. The minimum atomic E-state index is -5.56. The van der Waals surface area contributed by atoms with Crippen molar-refractivity contribution < 1.29 is 35.7 Å². The quantitative estimate of drug-likeness (QED) is 0.196. The Morgan fingerprint density at radius 1 is 0.912 bits per heavy atom. The van der Waals surface area contributed by atoms with Gasteiger partial charge in [0.15, 0.2) is 21.3 Å². The second-order valence-electron chi connectivity index (χ2n) is 6.86. The molecule has 180 valence electrons. The third kappa shape index (κ3) is 7.75. The summed E-state index contributed by atoms with van der Waals surface area (Å²) in [5.41, 5.74) is -0.156. The van der Waals surface area contributed by atoms with Crippen LogP contribution < -0.4 is 0 Å². The molecule has 3 aromatic rings. The molecule has 0 aliphatic heterocycles.